The van der Waals surface area contributed by atoms with Gasteiger partial charge in [-0.3, -0.25) is 0 Å². The summed E-state index contributed by atoms with van der Waals surface area (Å²) >= 11 is 5.44. The van der Waals surface area contributed by atoms with E-state index in [1.807, 2.05) is 11.8 Å². The number of nitrogens with two attached hydrogens (primary N) is 1. The zero-order chi connectivity index (χ0) is 13.8. The summed E-state index contributed by atoms with van der Waals surface area (Å²) < 4.78 is 0.914. The minimum atomic E-state index is 0.563. The summed E-state index contributed by atoms with van der Waals surface area (Å²) in [5.74, 6) is 4.74. The molecule has 0 spiro atoms. The van der Waals surface area contributed by atoms with Gasteiger partial charge in [-0.2, -0.15) is 11.8 Å². The molecule has 0 aliphatic heterocycles. The molecular formula is C14H22BrN3S. The molecule has 1 fully saturated rings. The molecule has 0 radical (unpaired) electrons. The molecule has 1 heterocycles. The van der Waals surface area contributed by atoms with Gasteiger partial charge in [-0.1, -0.05) is 26.7 Å². The quantitative estimate of drug-likeness (QED) is 0.862. The summed E-state index contributed by atoms with van der Waals surface area (Å²) in [5, 5.41) is 0. The molecule has 1 aliphatic rings. The minimum absolute atomic E-state index is 0.563. The van der Waals surface area contributed by atoms with Crippen LogP contribution < -0.4 is 5.73 Å². The van der Waals surface area contributed by atoms with Gasteiger partial charge in [-0.05, 0) is 40.4 Å². The first-order chi connectivity index (χ1) is 9.08. The summed E-state index contributed by atoms with van der Waals surface area (Å²) in [5.41, 5.74) is 7.14. The molecule has 1 aromatic heterocycles. The van der Waals surface area contributed by atoms with Crippen molar-refractivity contribution in [3.05, 3.63) is 16.0 Å². The molecule has 1 aromatic rings. The Kier molecular flexibility index (Phi) is 5.51. The predicted molar refractivity (Wildman–Crippen MR) is 86.4 cm³/mol. The number of hydrogen-bond donors (Lipinski definition) is 1. The largest absolute Gasteiger partial charge is 0.383 e. The summed E-state index contributed by atoms with van der Waals surface area (Å²) in [6.07, 6.45) is 5.07. The number of halogens is 1. The number of nitrogens with zero attached hydrogens (tertiary/aromatic N) is 2. The fourth-order valence-electron chi connectivity index (χ4n) is 2.45. The molecule has 0 saturated heterocycles. The average molecular weight is 344 g/mol. The normalized spacial score (nSPS) is 16.4. The Morgan fingerprint density at radius 2 is 2.00 bits per heavy atom. The Morgan fingerprint density at radius 1 is 1.32 bits per heavy atom. The topological polar surface area (TPSA) is 51.8 Å². The first kappa shape index (κ1) is 15.1. The smallest absolute Gasteiger partial charge is 0.141 e. The molecule has 1 saturated carbocycles. The van der Waals surface area contributed by atoms with E-state index in [-0.39, 0.29) is 0 Å². The summed E-state index contributed by atoms with van der Waals surface area (Å²) in [6, 6.07) is 0. The second-order valence-corrected chi connectivity index (χ2v) is 7.44. The van der Waals surface area contributed by atoms with E-state index in [0.717, 1.165) is 27.5 Å². The second kappa shape index (κ2) is 6.93. The molecule has 0 amide bonds. The van der Waals surface area contributed by atoms with Crippen LogP contribution in [0.25, 0.3) is 0 Å². The molecule has 19 heavy (non-hydrogen) atoms. The van der Waals surface area contributed by atoms with Crippen LogP contribution in [-0.2, 0) is 5.75 Å². The van der Waals surface area contributed by atoms with Crippen LogP contribution in [0.15, 0.2) is 4.47 Å². The van der Waals surface area contributed by atoms with Gasteiger partial charge in [0.05, 0.1) is 15.9 Å². The van der Waals surface area contributed by atoms with Crippen LogP contribution in [0.4, 0.5) is 5.82 Å². The number of thioether (sulfide) groups is 1. The van der Waals surface area contributed by atoms with Gasteiger partial charge in [0.25, 0.3) is 0 Å². The highest BCUT2D eigenvalue weighted by atomic mass is 79.9. The van der Waals surface area contributed by atoms with Gasteiger partial charge in [0.2, 0.25) is 0 Å². The third-order valence-corrected chi connectivity index (χ3v) is 5.55. The van der Waals surface area contributed by atoms with Gasteiger partial charge in [-0.25, -0.2) is 9.97 Å². The van der Waals surface area contributed by atoms with E-state index in [2.05, 4.69) is 34.8 Å². The van der Waals surface area contributed by atoms with Crippen LogP contribution >= 0.6 is 27.7 Å². The van der Waals surface area contributed by atoms with Crippen molar-refractivity contribution < 1.29 is 0 Å². The van der Waals surface area contributed by atoms with Crippen molar-refractivity contribution in [1.82, 2.24) is 9.97 Å². The average Bonchev–Trinajstić information content (AvgIpc) is 2.86. The van der Waals surface area contributed by atoms with E-state index in [9.17, 15) is 0 Å². The second-order valence-electron chi connectivity index (χ2n) is 5.61. The van der Waals surface area contributed by atoms with Crippen LogP contribution in [0.3, 0.4) is 0 Å². The van der Waals surface area contributed by atoms with Crippen LogP contribution in [0.2, 0.25) is 0 Å². The standard InChI is InChI=1S/C14H22BrN3S/c1-9(2)7-19-8-11-17-13(10-5-3-4-6-10)12(15)14(16)18-11/h9-10H,3-8H2,1-2H3,(H2,16,17,18). The van der Waals surface area contributed by atoms with E-state index < -0.39 is 0 Å². The van der Waals surface area contributed by atoms with E-state index in [4.69, 9.17) is 10.7 Å². The third kappa shape index (κ3) is 4.09. The highest BCUT2D eigenvalue weighted by molar-refractivity contribution is 9.10. The Labute approximate surface area is 128 Å². The molecule has 0 atom stereocenters. The van der Waals surface area contributed by atoms with Crippen molar-refractivity contribution in [2.45, 2.75) is 51.2 Å². The summed E-state index contributed by atoms with van der Waals surface area (Å²) in [6.45, 7) is 4.46. The number of nitrogen functional groups attached to an aromatic ring is 1. The van der Waals surface area contributed by atoms with Crippen LogP contribution in [0.1, 0.15) is 57.0 Å². The van der Waals surface area contributed by atoms with Crippen molar-refractivity contribution in [1.29, 1.82) is 0 Å². The van der Waals surface area contributed by atoms with Crippen molar-refractivity contribution >= 4 is 33.5 Å². The Bertz CT molecular complexity index is 431. The lowest BCUT2D eigenvalue weighted by molar-refractivity contribution is 0.684. The molecule has 2 N–H and O–H groups in total. The van der Waals surface area contributed by atoms with E-state index in [0.29, 0.717) is 17.7 Å². The van der Waals surface area contributed by atoms with Gasteiger partial charge < -0.3 is 5.73 Å². The number of hydrogen-bond acceptors (Lipinski definition) is 4. The Hall–Kier alpha value is -0.290. The first-order valence-electron chi connectivity index (χ1n) is 6.97. The predicted octanol–water partition coefficient (Wildman–Crippen LogP) is 4.37. The van der Waals surface area contributed by atoms with E-state index in [1.165, 1.54) is 25.7 Å². The molecule has 3 nitrogen and oxygen atoms in total. The number of aromatic nitrogens is 2. The molecule has 0 bridgehead atoms. The van der Waals surface area contributed by atoms with Crippen molar-refractivity contribution in [2.24, 2.45) is 5.92 Å². The molecule has 1 aliphatic carbocycles. The highest BCUT2D eigenvalue weighted by Crippen LogP contribution is 2.38. The minimum Gasteiger partial charge on any atom is -0.383 e. The fourth-order valence-corrected chi connectivity index (χ4v) is 3.85. The Morgan fingerprint density at radius 3 is 2.63 bits per heavy atom. The van der Waals surface area contributed by atoms with Crippen LogP contribution in [0, 0.1) is 5.92 Å². The molecule has 2 rings (SSSR count). The van der Waals surface area contributed by atoms with E-state index >= 15 is 0 Å². The van der Waals surface area contributed by atoms with Crippen LogP contribution in [0.5, 0.6) is 0 Å². The lowest BCUT2D eigenvalue weighted by Gasteiger charge is -2.14. The van der Waals surface area contributed by atoms with Gasteiger partial charge >= 0.3 is 0 Å². The number of anilines is 1. The monoisotopic (exact) mass is 343 g/mol. The molecule has 0 unspecified atom stereocenters. The van der Waals surface area contributed by atoms with Crippen molar-refractivity contribution in [3.63, 3.8) is 0 Å². The highest BCUT2D eigenvalue weighted by Gasteiger charge is 2.23. The maximum absolute atomic E-state index is 6.01. The summed E-state index contributed by atoms with van der Waals surface area (Å²) in [4.78, 5) is 9.15. The lowest BCUT2D eigenvalue weighted by Crippen LogP contribution is -2.07. The number of rotatable bonds is 5. The Balaban J connectivity index is 2.11. The van der Waals surface area contributed by atoms with E-state index in [1.54, 1.807) is 0 Å². The van der Waals surface area contributed by atoms with Crippen LogP contribution in [-0.4, -0.2) is 15.7 Å². The zero-order valence-corrected chi connectivity index (χ0v) is 14.1. The fraction of sp³-hybridized carbons (Fsp3) is 0.714. The maximum Gasteiger partial charge on any atom is 0.141 e. The molecule has 106 valence electrons. The molecule has 5 heteroatoms. The van der Waals surface area contributed by atoms with Crippen molar-refractivity contribution in [2.75, 3.05) is 11.5 Å². The SMILES string of the molecule is CC(C)CSCc1nc(N)c(Br)c(C2CCCC2)n1. The van der Waals surface area contributed by atoms with Gasteiger partial charge in [0.15, 0.2) is 0 Å². The maximum atomic E-state index is 6.01. The lowest BCUT2D eigenvalue weighted by atomic mass is 10.0. The van der Waals surface area contributed by atoms with Gasteiger partial charge in [0.1, 0.15) is 11.6 Å². The molecule has 0 aromatic carbocycles. The zero-order valence-electron chi connectivity index (χ0n) is 11.7. The van der Waals surface area contributed by atoms with Gasteiger partial charge in [-0.15, -0.1) is 0 Å². The first-order valence-corrected chi connectivity index (χ1v) is 8.92. The van der Waals surface area contributed by atoms with Gasteiger partial charge in [0, 0.05) is 5.92 Å². The summed E-state index contributed by atoms with van der Waals surface area (Å²) in [7, 11) is 0. The van der Waals surface area contributed by atoms with Crippen molar-refractivity contribution in [3.8, 4) is 0 Å². The molecular weight excluding hydrogens is 322 g/mol. The third-order valence-electron chi connectivity index (χ3n) is 3.37.